The highest BCUT2D eigenvalue weighted by Crippen LogP contribution is 2.25. The average Bonchev–Trinajstić information content (AvgIpc) is 2.15. The van der Waals surface area contributed by atoms with Gasteiger partial charge in [-0.1, -0.05) is 6.07 Å². The molecule has 0 atom stereocenters. The Hall–Kier alpha value is -2.10. The van der Waals surface area contributed by atoms with Gasteiger partial charge in [0.15, 0.2) is 0 Å². The SMILES string of the molecule is N#Cc1ccc(CC(F)(F)F)cc1[N+](=O)[O-]. The zero-order chi connectivity index (χ0) is 12.3. The van der Waals surface area contributed by atoms with Gasteiger partial charge in [-0.2, -0.15) is 18.4 Å². The van der Waals surface area contributed by atoms with Crippen molar-refractivity contribution in [1.82, 2.24) is 0 Å². The smallest absolute Gasteiger partial charge is 0.258 e. The Bertz CT molecular complexity index is 463. The molecule has 0 spiro atoms. The Morgan fingerprint density at radius 1 is 1.44 bits per heavy atom. The number of nitriles is 1. The van der Waals surface area contributed by atoms with Gasteiger partial charge in [0.25, 0.3) is 5.69 Å². The van der Waals surface area contributed by atoms with Crippen LogP contribution >= 0.6 is 0 Å². The van der Waals surface area contributed by atoms with Crippen LogP contribution in [0.4, 0.5) is 18.9 Å². The minimum absolute atomic E-state index is 0.238. The van der Waals surface area contributed by atoms with Gasteiger partial charge in [0.1, 0.15) is 11.6 Å². The van der Waals surface area contributed by atoms with Gasteiger partial charge in [-0.3, -0.25) is 10.1 Å². The van der Waals surface area contributed by atoms with Gasteiger partial charge in [-0.25, -0.2) is 0 Å². The lowest BCUT2D eigenvalue weighted by Crippen LogP contribution is -2.11. The van der Waals surface area contributed by atoms with Crippen LogP contribution in [0.2, 0.25) is 0 Å². The van der Waals surface area contributed by atoms with E-state index < -0.39 is 23.2 Å². The number of hydrogen-bond acceptors (Lipinski definition) is 3. The van der Waals surface area contributed by atoms with Gasteiger partial charge >= 0.3 is 6.18 Å². The molecule has 0 bridgehead atoms. The Balaban J connectivity index is 3.14. The first-order chi connectivity index (χ1) is 7.33. The molecule has 0 unspecified atom stereocenters. The van der Waals surface area contributed by atoms with E-state index in [-0.39, 0.29) is 11.1 Å². The Kier molecular flexibility index (Phi) is 3.13. The molecule has 0 aliphatic carbocycles. The van der Waals surface area contributed by atoms with Crippen LogP contribution in [0.1, 0.15) is 11.1 Å². The maximum atomic E-state index is 12.0. The summed E-state index contributed by atoms with van der Waals surface area (Å²) in [7, 11) is 0. The van der Waals surface area contributed by atoms with Gasteiger partial charge in [0, 0.05) is 6.07 Å². The molecule has 4 nitrogen and oxygen atoms in total. The summed E-state index contributed by atoms with van der Waals surface area (Å²) in [6, 6.07) is 4.38. The monoisotopic (exact) mass is 230 g/mol. The summed E-state index contributed by atoms with van der Waals surface area (Å²) < 4.78 is 36.1. The van der Waals surface area contributed by atoms with E-state index in [2.05, 4.69) is 0 Å². The van der Waals surface area contributed by atoms with Crippen molar-refractivity contribution >= 4 is 5.69 Å². The third kappa shape index (κ3) is 2.95. The number of alkyl halides is 3. The lowest BCUT2D eigenvalue weighted by Gasteiger charge is -2.06. The van der Waals surface area contributed by atoms with Crippen molar-refractivity contribution in [3.8, 4) is 6.07 Å². The van der Waals surface area contributed by atoms with Gasteiger partial charge in [0.2, 0.25) is 0 Å². The molecular weight excluding hydrogens is 225 g/mol. The Morgan fingerprint density at radius 3 is 2.50 bits per heavy atom. The Labute approximate surface area is 88.1 Å². The molecule has 0 aliphatic rings. The number of nitro groups is 1. The summed E-state index contributed by atoms with van der Waals surface area (Å²) in [5, 5.41) is 19.0. The van der Waals surface area contributed by atoms with Gasteiger partial charge in [-0.15, -0.1) is 0 Å². The van der Waals surface area contributed by atoms with Crippen LogP contribution in [0.3, 0.4) is 0 Å². The van der Waals surface area contributed by atoms with E-state index in [1.54, 1.807) is 6.07 Å². The van der Waals surface area contributed by atoms with Crippen LogP contribution in [0.15, 0.2) is 18.2 Å². The van der Waals surface area contributed by atoms with Gasteiger partial charge in [-0.05, 0) is 11.6 Å². The van der Waals surface area contributed by atoms with E-state index in [1.807, 2.05) is 0 Å². The van der Waals surface area contributed by atoms with E-state index in [4.69, 9.17) is 5.26 Å². The van der Waals surface area contributed by atoms with Gasteiger partial charge < -0.3 is 0 Å². The third-order valence-electron chi connectivity index (χ3n) is 1.78. The van der Waals surface area contributed by atoms with Crippen molar-refractivity contribution in [3.63, 3.8) is 0 Å². The highest BCUT2D eigenvalue weighted by atomic mass is 19.4. The van der Waals surface area contributed by atoms with Crippen molar-refractivity contribution in [2.24, 2.45) is 0 Å². The summed E-state index contributed by atoms with van der Waals surface area (Å²) in [6.07, 6.45) is -5.68. The summed E-state index contributed by atoms with van der Waals surface area (Å²) in [4.78, 5) is 9.60. The molecule has 0 amide bonds. The maximum absolute atomic E-state index is 12.0. The molecule has 1 aromatic rings. The molecular formula is C9H5F3N2O2. The minimum atomic E-state index is -4.43. The predicted molar refractivity (Wildman–Crippen MR) is 47.6 cm³/mol. The topological polar surface area (TPSA) is 66.9 Å². The first-order valence-electron chi connectivity index (χ1n) is 4.07. The van der Waals surface area contributed by atoms with E-state index in [0.717, 1.165) is 18.2 Å². The van der Waals surface area contributed by atoms with E-state index >= 15 is 0 Å². The maximum Gasteiger partial charge on any atom is 0.393 e. The molecule has 1 rings (SSSR count). The quantitative estimate of drug-likeness (QED) is 0.579. The molecule has 7 heteroatoms. The number of nitro benzene ring substituents is 1. The Morgan fingerprint density at radius 2 is 2.06 bits per heavy atom. The molecule has 16 heavy (non-hydrogen) atoms. The van der Waals surface area contributed by atoms with Crippen LogP contribution < -0.4 is 0 Å². The van der Waals surface area contributed by atoms with Crippen LogP contribution in [-0.2, 0) is 6.42 Å². The molecule has 0 saturated heterocycles. The molecule has 0 radical (unpaired) electrons. The summed E-state index contributed by atoms with van der Waals surface area (Å²) in [6.45, 7) is 0. The third-order valence-corrected chi connectivity index (χ3v) is 1.78. The summed E-state index contributed by atoms with van der Waals surface area (Å²) in [5.74, 6) is 0. The van der Waals surface area contributed by atoms with Gasteiger partial charge in [0.05, 0.1) is 11.3 Å². The fourth-order valence-corrected chi connectivity index (χ4v) is 1.16. The highest BCUT2D eigenvalue weighted by molar-refractivity contribution is 5.50. The average molecular weight is 230 g/mol. The fourth-order valence-electron chi connectivity index (χ4n) is 1.16. The molecule has 0 aliphatic heterocycles. The first-order valence-corrected chi connectivity index (χ1v) is 4.07. The molecule has 0 fully saturated rings. The van der Waals surface area contributed by atoms with Crippen LogP contribution in [0.5, 0.6) is 0 Å². The lowest BCUT2D eigenvalue weighted by atomic mass is 10.1. The number of hydrogen-bond donors (Lipinski definition) is 0. The second kappa shape index (κ2) is 4.18. The first kappa shape index (κ1) is 12.0. The van der Waals surface area contributed by atoms with E-state index in [0.29, 0.717) is 0 Å². The molecule has 0 heterocycles. The van der Waals surface area contributed by atoms with Crippen LogP contribution in [0.25, 0.3) is 0 Å². The van der Waals surface area contributed by atoms with Crippen LogP contribution in [0, 0.1) is 21.4 Å². The van der Waals surface area contributed by atoms with Crippen molar-refractivity contribution < 1.29 is 18.1 Å². The predicted octanol–water partition coefficient (Wildman–Crippen LogP) is 2.57. The lowest BCUT2D eigenvalue weighted by molar-refractivity contribution is -0.385. The molecule has 0 N–H and O–H groups in total. The van der Waals surface area contributed by atoms with E-state index in [9.17, 15) is 23.3 Å². The standard InChI is InChI=1S/C9H5F3N2O2/c10-9(11,12)4-6-1-2-7(5-13)8(3-6)14(15)16/h1-3H,4H2. The zero-order valence-electron chi connectivity index (χ0n) is 7.78. The zero-order valence-corrected chi connectivity index (χ0v) is 7.78. The number of benzene rings is 1. The van der Waals surface area contributed by atoms with Crippen molar-refractivity contribution in [2.45, 2.75) is 12.6 Å². The normalized spacial score (nSPS) is 10.9. The number of halogens is 3. The second-order valence-electron chi connectivity index (χ2n) is 3.01. The summed E-state index contributed by atoms with van der Waals surface area (Å²) >= 11 is 0. The molecule has 0 aromatic heterocycles. The number of nitrogens with zero attached hydrogens (tertiary/aromatic N) is 2. The van der Waals surface area contributed by atoms with Crippen molar-refractivity contribution in [1.29, 1.82) is 5.26 Å². The molecule has 0 saturated carbocycles. The highest BCUT2D eigenvalue weighted by Gasteiger charge is 2.28. The fraction of sp³-hybridized carbons (Fsp3) is 0.222. The van der Waals surface area contributed by atoms with Crippen molar-refractivity contribution in [3.05, 3.63) is 39.4 Å². The summed E-state index contributed by atoms with van der Waals surface area (Å²) in [5.41, 5.74) is -1.10. The molecule has 1 aromatic carbocycles. The largest absolute Gasteiger partial charge is 0.393 e. The minimum Gasteiger partial charge on any atom is -0.258 e. The van der Waals surface area contributed by atoms with E-state index in [1.165, 1.54) is 0 Å². The second-order valence-corrected chi connectivity index (χ2v) is 3.01. The number of rotatable bonds is 2. The van der Waals surface area contributed by atoms with Crippen LogP contribution in [-0.4, -0.2) is 11.1 Å². The van der Waals surface area contributed by atoms with Crippen molar-refractivity contribution in [2.75, 3.05) is 0 Å². The molecule has 84 valence electrons.